The first-order valence-electron chi connectivity index (χ1n) is 9.95. The van der Waals surface area contributed by atoms with Gasteiger partial charge in [-0.3, -0.25) is 4.79 Å². The van der Waals surface area contributed by atoms with Gasteiger partial charge in [0.05, 0.1) is 5.56 Å². The maximum Gasteiger partial charge on any atom is 0.416 e. The SMILES string of the molecule is CNc1nc(C)nc(N[C@@H]2CCC[C@H](C(=O)NCc3cc(Cl)cc(C(F)(F)F)c3)C2)n1. The first-order valence-corrected chi connectivity index (χ1v) is 10.3. The topological polar surface area (TPSA) is 91.8 Å². The minimum absolute atomic E-state index is 0.0130. The second-order valence-electron chi connectivity index (χ2n) is 7.55. The monoisotopic (exact) mass is 456 g/mol. The summed E-state index contributed by atoms with van der Waals surface area (Å²) in [5, 5.41) is 8.86. The summed E-state index contributed by atoms with van der Waals surface area (Å²) in [7, 11) is 1.72. The maximum atomic E-state index is 13.0. The highest BCUT2D eigenvalue weighted by atomic mass is 35.5. The van der Waals surface area contributed by atoms with Gasteiger partial charge in [0.1, 0.15) is 5.82 Å². The fourth-order valence-electron chi connectivity index (χ4n) is 3.65. The van der Waals surface area contributed by atoms with Crippen molar-refractivity contribution in [3.63, 3.8) is 0 Å². The van der Waals surface area contributed by atoms with Gasteiger partial charge in [0.15, 0.2) is 0 Å². The molecule has 3 N–H and O–H groups in total. The van der Waals surface area contributed by atoms with E-state index in [1.165, 1.54) is 6.07 Å². The Kier molecular flexibility index (Phi) is 7.19. The Hall–Kier alpha value is -2.62. The number of nitrogens with zero attached hydrogens (tertiary/aromatic N) is 3. The summed E-state index contributed by atoms with van der Waals surface area (Å²) in [6.45, 7) is 1.75. The number of benzene rings is 1. The quantitative estimate of drug-likeness (QED) is 0.604. The maximum absolute atomic E-state index is 13.0. The molecule has 0 spiro atoms. The molecular weight excluding hydrogens is 433 g/mol. The normalized spacial score (nSPS) is 19.0. The van der Waals surface area contributed by atoms with Crippen molar-refractivity contribution >= 4 is 29.4 Å². The average molecular weight is 457 g/mol. The van der Waals surface area contributed by atoms with E-state index in [9.17, 15) is 18.0 Å². The summed E-state index contributed by atoms with van der Waals surface area (Å²) < 4.78 is 38.9. The lowest BCUT2D eigenvalue weighted by Crippen LogP contribution is -2.37. The van der Waals surface area contributed by atoms with Crippen LogP contribution in [0.5, 0.6) is 0 Å². The second kappa shape index (κ2) is 9.67. The van der Waals surface area contributed by atoms with E-state index in [1.807, 2.05) is 0 Å². The third kappa shape index (κ3) is 6.43. The number of amides is 1. The van der Waals surface area contributed by atoms with Crippen LogP contribution in [0.1, 0.15) is 42.6 Å². The number of hydrogen-bond donors (Lipinski definition) is 3. The van der Waals surface area contributed by atoms with Crippen LogP contribution in [0.15, 0.2) is 18.2 Å². The van der Waals surface area contributed by atoms with Gasteiger partial charge in [-0.1, -0.05) is 18.0 Å². The van der Waals surface area contributed by atoms with Gasteiger partial charge in [0.25, 0.3) is 0 Å². The smallest absolute Gasteiger partial charge is 0.357 e. The summed E-state index contributed by atoms with van der Waals surface area (Å²) in [6, 6.07) is 3.30. The Morgan fingerprint density at radius 3 is 2.61 bits per heavy atom. The van der Waals surface area contributed by atoms with Crippen molar-refractivity contribution in [3.8, 4) is 0 Å². The molecule has 168 valence electrons. The van der Waals surface area contributed by atoms with Crippen LogP contribution in [0.3, 0.4) is 0 Å². The molecular formula is C20H24ClF3N6O. The number of rotatable bonds is 6. The van der Waals surface area contributed by atoms with E-state index in [-0.39, 0.29) is 29.4 Å². The number of hydrogen-bond acceptors (Lipinski definition) is 6. The Morgan fingerprint density at radius 2 is 1.90 bits per heavy atom. The first kappa shape index (κ1) is 23.1. The molecule has 31 heavy (non-hydrogen) atoms. The summed E-state index contributed by atoms with van der Waals surface area (Å²) in [4.78, 5) is 25.4. The molecule has 0 unspecified atom stereocenters. The minimum Gasteiger partial charge on any atom is -0.357 e. The van der Waals surface area contributed by atoms with E-state index in [0.29, 0.717) is 36.1 Å². The molecule has 0 radical (unpaired) electrons. The Labute approximate surface area is 183 Å². The van der Waals surface area contributed by atoms with Gasteiger partial charge < -0.3 is 16.0 Å². The molecule has 2 atom stereocenters. The standard InChI is InChI=1S/C20H24ClF3N6O/c1-11-27-18(25-2)30-19(28-11)29-16-5-3-4-13(8-16)17(31)26-10-12-6-14(20(22,23)24)9-15(21)7-12/h6-7,9,13,16H,3-5,8,10H2,1-2H3,(H,26,31)(H2,25,27,28,29,30)/t13-,16+/m0/s1. The van der Waals surface area contributed by atoms with Crippen molar-refractivity contribution in [2.45, 2.75) is 51.4 Å². The van der Waals surface area contributed by atoms with Crippen molar-refractivity contribution in [1.29, 1.82) is 0 Å². The van der Waals surface area contributed by atoms with E-state index in [0.717, 1.165) is 25.0 Å². The molecule has 1 fully saturated rings. The lowest BCUT2D eigenvalue weighted by molar-refractivity contribution is -0.137. The minimum atomic E-state index is -4.49. The largest absolute Gasteiger partial charge is 0.416 e. The molecule has 1 aromatic carbocycles. The Bertz CT molecular complexity index is 940. The predicted molar refractivity (Wildman–Crippen MR) is 112 cm³/mol. The van der Waals surface area contributed by atoms with E-state index >= 15 is 0 Å². The highest BCUT2D eigenvalue weighted by Gasteiger charge is 2.31. The molecule has 1 amide bonds. The molecule has 11 heteroatoms. The van der Waals surface area contributed by atoms with Crippen LogP contribution in [-0.4, -0.2) is 33.9 Å². The van der Waals surface area contributed by atoms with Gasteiger partial charge in [-0.25, -0.2) is 0 Å². The molecule has 0 bridgehead atoms. The predicted octanol–water partition coefficient (Wildman–Crippen LogP) is 4.18. The van der Waals surface area contributed by atoms with Gasteiger partial charge in [-0.2, -0.15) is 28.1 Å². The third-order valence-electron chi connectivity index (χ3n) is 5.10. The number of carbonyl (C=O) groups is 1. The highest BCUT2D eigenvalue weighted by molar-refractivity contribution is 6.30. The second-order valence-corrected chi connectivity index (χ2v) is 7.98. The third-order valence-corrected chi connectivity index (χ3v) is 5.32. The fraction of sp³-hybridized carbons (Fsp3) is 0.500. The van der Waals surface area contributed by atoms with Gasteiger partial charge in [-0.05, 0) is 49.9 Å². The Morgan fingerprint density at radius 1 is 1.16 bits per heavy atom. The number of anilines is 2. The van der Waals surface area contributed by atoms with Crippen molar-refractivity contribution in [2.75, 3.05) is 17.7 Å². The summed E-state index contributed by atoms with van der Waals surface area (Å²) >= 11 is 5.81. The number of nitrogens with one attached hydrogen (secondary N) is 3. The number of aromatic nitrogens is 3. The number of carbonyl (C=O) groups excluding carboxylic acids is 1. The highest BCUT2D eigenvalue weighted by Crippen LogP contribution is 2.32. The van der Waals surface area contributed by atoms with Crippen LogP contribution < -0.4 is 16.0 Å². The van der Waals surface area contributed by atoms with Crippen LogP contribution >= 0.6 is 11.6 Å². The van der Waals surface area contributed by atoms with Crippen LogP contribution in [0.4, 0.5) is 25.1 Å². The summed E-state index contributed by atoms with van der Waals surface area (Å²) in [6.07, 6.45) is -1.49. The molecule has 1 aromatic heterocycles. The lowest BCUT2D eigenvalue weighted by atomic mass is 9.85. The van der Waals surface area contributed by atoms with E-state index < -0.39 is 11.7 Å². The van der Waals surface area contributed by atoms with E-state index in [4.69, 9.17) is 11.6 Å². The number of aryl methyl sites for hydroxylation is 1. The van der Waals surface area contributed by atoms with Crippen LogP contribution in [0.2, 0.25) is 5.02 Å². The van der Waals surface area contributed by atoms with Crippen molar-refractivity contribution in [2.24, 2.45) is 5.92 Å². The van der Waals surface area contributed by atoms with Crippen molar-refractivity contribution in [3.05, 3.63) is 40.2 Å². The molecule has 1 saturated carbocycles. The average Bonchev–Trinajstić information content (AvgIpc) is 2.70. The van der Waals surface area contributed by atoms with Crippen molar-refractivity contribution in [1.82, 2.24) is 20.3 Å². The van der Waals surface area contributed by atoms with Crippen LogP contribution in [0, 0.1) is 12.8 Å². The molecule has 2 aromatic rings. The van der Waals surface area contributed by atoms with Crippen molar-refractivity contribution < 1.29 is 18.0 Å². The van der Waals surface area contributed by atoms with E-state index in [2.05, 4.69) is 30.9 Å². The fourth-order valence-corrected chi connectivity index (χ4v) is 3.91. The molecule has 0 saturated heterocycles. The molecule has 3 rings (SSSR count). The zero-order valence-electron chi connectivity index (χ0n) is 17.2. The molecule has 7 nitrogen and oxygen atoms in total. The van der Waals surface area contributed by atoms with E-state index in [1.54, 1.807) is 14.0 Å². The summed E-state index contributed by atoms with van der Waals surface area (Å²) in [5.74, 6) is 1.04. The van der Waals surface area contributed by atoms with Crippen LogP contribution in [-0.2, 0) is 17.5 Å². The lowest BCUT2D eigenvalue weighted by Gasteiger charge is -2.29. The molecule has 1 aliphatic carbocycles. The van der Waals surface area contributed by atoms with Gasteiger partial charge in [-0.15, -0.1) is 0 Å². The molecule has 0 aliphatic heterocycles. The molecule has 1 aliphatic rings. The Balaban J connectivity index is 1.59. The van der Waals surface area contributed by atoms with Gasteiger partial charge in [0.2, 0.25) is 17.8 Å². The molecule has 1 heterocycles. The zero-order valence-corrected chi connectivity index (χ0v) is 17.9. The zero-order chi connectivity index (χ0) is 22.6. The van der Waals surface area contributed by atoms with Gasteiger partial charge in [0, 0.05) is 30.6 Å². The van der Waals surface area contributed by atoms with Crippen LogP contribution in [0.25, 0.3) is 0 Å². The number of alkyl halides is 3. The first-order chi connectivity index (χ1) is 14.6. The summed E-state index contributed by atoms with van der Waals surface area (Å²) in [5.41, 5.74) is -0.529. The number of halogens is 4. The van der Waals surface area contributed by atoms with Gasteiger partial charge >= 0.3 is 6.18 Å².